The summed E-state index contributed by atoms with van der Waals surface area (Å²) in [5, 5.41) is 32.7. The topological polar surface area (TPSA) is 168 Å². The molecule has 0 heterocycles. The third kappa shape index (κ3) is 18.1. The summed E-state index contributed by atoms with van der Waals surface area (Å²) in [5.41, 5.74) is 6.33. The smallest absolute Gasteiger partial charge is 0.404 e. The van der Waals surface area contributed by atoms with Gasteiger partial charge in [0.2, 0.25) is 0 Å². The maximum atomic E-state index is 11.6. The highest BCUT2D eigenvalue weighted by atomic mass is 16.7. The van der Waals surface area contributed by atoms with Gasteiger partial charge in [-0.25, -0.2) is 4.79 Å². The molecule has 12 nitrogen and oxygen atoms in total. The van der Waals surface area contributed by atoms with Gasteiger partial charge in [-0.1, -0.05) is 83.2 Å². The Balaban J connectivity index is 5.18. The summed E-state index contributed by atoms with van der Waals surface area (Å²) in [6.07, 6.45) is 5.26. The number of nitrogens with two attached hydrogens (primary N) is 1. The van der Waals surface area contributed by atoms with Crippen LogP contribution in [0.25, 0.3) is 0 Å². The summed E-state index contributed by atoms with van der Waals surface area (Å²) >= 11 is 0. The first-order valence-corrected chi connectivity index (χ1v) is 17.0. The van der Waals surface area contributed by atoms with Gasteiger partial charge in [0.05, 0.1) is 38.1 Å². The molecule has 286 valence electrons. The van der Waals surface area contributed by atoms with Crippen molar-refractivity contribution in [2.45, 2.75) is 104 Å². The van der Waals surface area contributed by atoms with E-state index >= 15 is 0 Å². The summed E-state index contributed by atoms with van der Waals surface area (Å²) < 4.78 is 38.8. The molecule has 0 fully saturated rings. The molecule has 0 bridgehead atoms. The number of aliphatic hydroxyl groups excluding tert-OH is 3. The fourth-order valence-corrected chi connectivity index (χ4v) is 6.00. The maximum absolute atomic E-state index is 11.6. The molecule has 0 radical (unpaired) electrons. The molecule has 0 aromatic rings. The van der Waals surface area contributed by atoms with Gasteiger partial charge in [-0.2, -0.15) is 0 Å². The number of hydrogen-bond donors (Lipinski definition) is 4. The van der Waals surface area contributed by atoms with Crippen molar-refractivity contribution < 1.29 is 53.3 Å². The second-order valence-electron chi connectivity index (χ2n) is 13.0. The first kappa shape index (κ1) is 46.9. The highest BCUT2D eigenvalue weighted by molar-refractivity contribution is 5.64. The van der Waals surface area contributed by atoms with E-state index in [0.717, 1.165) is 5.57 Å². The predicted octanol–water partition coefficient (Wildman–Crippen LogP) is 4.42. The van der Waals surface area contributed by atoms with Gasteiger partial charge in [0.25, 0.3) is 0 Å². The fourth-order valence-electron chi connectivity index (χ4n) is 6.00. The lowest BCUT2D eigenvalue weighted by Gasteiger charge is -2.33. The average molecular weight is 702 g/mol. The Hall–Kier alpha value is -2.13. The van der Waals surface area contributed by atoms with Crippen molar-refractivity contribution >= 4 is 6.09 Å². The third-order valence-corrected chi connectivity index (χ3v) is 8.70. The minimum absolute atomic E-state index is 0.0223. The second-order valence-corrected chi connectivity index (χ2v) is 13.0. The molecule has 0 aliphatic carbocycles. The second kappa shape index (κ2) is 25.8. The summed E-state index contributed by atoms with van der Waals surface area (Å²) in [6, 6.07) is 0. The summed E-state index contributed by atoms with van der Waals surface area (Å²) in [4.78, 5) is 11.6. The lowest BCUT2D eigenvalue weighted by atomic mass is 9.81. The zero-order valence-electron chi connectivity index (χ0n) is 31.7. The van der Waals surface area contributed by atoms with Crippen LogP contribution in [0.2, 0.25) is 0 Å². The molecule has 5 N–H and O–H groups in total. The van der Waals surface area contributed by atoms with Gasteiger partial charge in [-0.3, -0.25) is 0 Å². The first-order valence-electron chi connectivity index (χ1n) is 17.0. The molecule has 0 rings (SSSR count). The maximum Gasteiger partial charge on any atom is 0.404 e. The molecule has 0 aliphatic rings. The molecule has 12 heteroatoms. The molecular formula is C37H67NO11. The van der Waals surface area contributed by atoms with E-state index in [1.807, 2.05) is 53.7 Å². The van der Waals surface area contributed by atoms with Crippen LogP contribution in [0.1, 0.15) is 54.9 Å². The Morgan fingerprint density at radius 1 is 0.776 bits per heavy atom. The van der Waals surface area contributed by atoms with Crippen molar-refractivity contribution in [3.8, 4) is 0 Å². The van der Waals surface area contributed by atoms with Crippen molar-refractivity contribution in [2.75, 3.05) is 48.3 Å². The molecule has 0 saturated heterocycles. The molecule has 4 unspecified atom stereocenters. The molecule has 0 aliphatic heterocycles. The average Bonchev–Trinajstić information content (AvgIpc) is 3.05. The standard InChI is InChI=1S/C37H67NO11/c1-13-14-15-25(4)35(49-37(38)42)28(7)34(41)27(6)19-23(2)18-26(5)33(40)24(3)16-17-30(39)20-47-29(8)48-32(22-44-10)36(46-12)31(45-11)21-43-9/h13-18,24-36,39-41H,1,19-22H2,2-12H3,(H2,38,42)/b15-14-,17-16-,23-18-/t24-,25-,26-,27-,28-,29?,30+,31?,32?,33-,34+,35-,36?/m0/s1. The Morgan fingerprint density at radius 3 is 1.92 bits per heavy atom. The Morgan fingerprint density at radius 2 is 1.39 bits per heavy atom. The zero-order chi connectivity index (χ0) is 37.7. The van der Waals surface area contributed by atoms with E-state index in [1.54, 1.807) is 59.7 Å². The molecule has 0 spiro atoms. The monoisotopic (exact) mass is 701 g/mol. The number of amides is 1. The Kier molecular flexibility index (Phi) is 24.6. The van der Waals surface area contributed by atoms with Crippen molar-refractivity contribution in [3.05, 3.63) is 48.6 Å². The van der Waals surface area contributed by atoms with Crippen LogP contribution in [0.15, 0.2) is 48.6 Å². The lowest BCUT2D eigenvalue weighted by molar-refractivity contribution is -0.220. The van der Waals surface area contributed by atoms with Crippen LogP contribution >= 0.6 is 0 Å². The number of hydrogen-bond acceptors (Lipinski definition) is 11. The van der Waals surface area contributed by atoms with Crippen LogP contribution in [-0.4, -0.2) is 119 Å². The van der Waals surface area contributed by atoms with E-state index in [0.29, 0.717) is 13.0 Å². The molecule has 0 saturated carbocycles. The highest BCUT2D eigenvalue weighted by Crippen LogP contribution is 2.29. The van der Waals surface area contributed by atoms with Crippen LogP contribution < -0.4 is 5.73 Å². The SMILES string of the molecule is C=C/C=C\[C@H](C)[C@H](OC(N)=O)[C@@H](C)[C@H](O)[C@@H](C)C/C(C)=C\[C@H](C)[C@@H](O)[C@@H](C)/C=C\[C@@H](O)COC(C)OC(COC)C(OC)C(COC)OC. The number of carbonyl (C=O) groups is 1. The normalized spacial score (nSPS) is 20.8. The predicted molar refractivity (Wildman–Crippen MR) is 191 cm³/mol. The van der Waals surface area contributed by atoms with Crippen LogP contribution in [0.5, 0.6) is 0 Å². The summed E-state index contributed by atoms with van der Waals surface area (Å²) in [6.45, 7) is 17.4. The Labute approximate surface area is 295 Å². The van der Waals surface area contributed by atoms with Crippen LogP contribution in [0.4, 0.5) is 4.79 Å². The van der Waals surface area contributed by atoms with E-state index in [2.05, 4.69) is 6.58 Å². The number of methoxy groups -OCH3 is 4. The lowest BCUT2D eigenvalue weighted by Crippen LogP contribution is -2.47. The van der Waals surface area contributed by atoms with Gasteiger partial charge in [-0.05, 0) is 26.2 Å². The minimum atomic E-state index is -0.922. The van der Waals surface area contributed by atoms with Gasteiger partial charge >= 0.3 is 6.09 Å². The molecular weight excluding hydrogens is 634 g/mol. The summed E-state index contributed by atoms with van der Waals surface area (Å²) in [7, 11) is 6.27. The van der Waals surface area contributed by atoms with Crippen molar-refractivity contribution in [3.63, 3.8) is 0 Å². The number of allylic oxidation sites excluding steroid dienone is 3. The van der Waals surface area contributed by atoms with Gasteiger partial charge in [0.15, 0.2) is 6.29 Å². The highest BCUT2D eigenvalue weighted by Gasteiger charge is 2.34. The first-order chi connectivity index (χ1) is 23.1. The van der Waals surface area contributed by atoms with Gasteiger partial charge in [0.1, 0.15) is 24.4 Å². The quantitative estimate of drug-likeness (QED) is 0.0544. The van der Waals surface area contributed by atoms with Crippen molar-refractivity contribution in [2.24, 2.45) is 35.3 Å². The zero-order valence-corrected chi connectivity index (χ0v) is 31.7. The Bertz CT molecular complexity index is 989. The van der Waals surface area contributed by atoms with E-state index in [9.17, 15) is 20.1 Å². The number of carbonyl (C=O) groups excluding carboxylic acids is 1. The van der Waals surface area contributed by atoms with Crippen LogP contribution in [0, 0.1) is 29.6 Å². The molecule has 49 heavy (non-hydrogen) atoms. The van der Waals surface area contributed by atoms with Crippen LogP contribution in [-0.2, 0) is 33.2 Å². The molecule has 1 amide bonds. The number of aliphatic hydroxyl groups is 3. The molecule has 0 aromatic heterocycles. The number of rotatable bonds is 27. The van der Waals surface area contributed by atoms with Crippen molar-refractivity contribution in [1.82, 2.24) is 0 Å². The van der Waals surface area contributed by atoms with Crippen molar-refractivity contribution in [1.29, 1.82) is 0 Å². The van der Waals surface area contributed by atoms with E-state index < -0.39 is 49.0 Å². The number of primary amides is 1. The van der Waals surface area contributed by atoms with Gasteiger partial charge in [0, 0.05) is 52.1 Å². The van der Waals surface area contributed by atoms with Crippen LogP contribution in [0.3, 0.4) is 0 Å². The van der Waals surface area contributed by atoms with E-state index in [-0.39, 0.29) is 48.9 Å². The third-order valence-electron chi connectivity index (χ3n) is 8.70. The minimum Gasteiger partial charge on any atom is -0.445 e. The van der Waals surface area contributed by atoms with E-state index in [1.165, 1.54) is 0 Å². The largest absolute Gasteiger partial charge is 0.445 e. The number of ether oxygens (including phenoxy) is 7. The van der Waals surface area contributed by atoms with Gasteiger partial charge in [-0.15, -0.1) is 0 Å². The fraction of sp³-hybridized carbons (Fsp3) is 0.757. The van der Waals surface area contributed by atoms with Gasteiger partial charge < -0.3 is 54.2 Å². The van der Waals surface area contributed by atoms with E-state index in [4.69, 9.17) is 38.9 Å². The molecule has 0 aromatic carbocycles. The summed E-state index contributed by atoms with van der Waals surface area (Å²) in [5.74, 6) is -1.17. The molecule has 13 atom stereocenters.